The van der Waals surface area contributed by atoms with Crippen LogP contribution in [0.4, 0.5) is 5.69 Å². The van der Waals surface area contributed by atoms with Gasteiger partial charge >= 0.3 is 0 Å². The Labute approximate surface area is 171 Å². The SMILES string of the molecule is O=C(CSCc1nc2sc3c(c2c(=O)[nH]1)CCC3)N1CCCc2ccccc21. The van der Waals surface area contributed by atoms with Gasteiger partial charge in [0, 0.05) is 17.1 Å². The van der Waals surface area contributed by atoms with Crippen LogP contribution in [0.1, 0.15) is 34.7 Å². The molecule has 1 aliphatic heterocycles. The molecule has 7 heteroatoms. The predicted molar refractivity (Wildman–Crippen MR) is 116 cm³/mol. The van der Waals surface area contributed by atoms with Gasteiger partial charge in [-0.25, -0.2) is 4.98 Å². The summed E-state index contributed by atoms with van der Waals surface area (Å²) in [7, 11) is 0. The number of hydrogen-bond donors (Lipinski definition) is 1. The maximum absolute atomic E-state index is 12.7. The van der Waals surface area contributed by atoms with E-state index in [1.807, 2.05) is 23.1 Å². The highest BCUT2D eigenvalue weighted by molar-refractivity contribution is 7.99. The molecule has 1 aromatic carbocycles. The second-order valence-corrected chi connectivity index (χ2v) is 9.39. The molecule has 1 aliphatic carbocycles. The van der Waals surface area contributed by atoms with Gasteiger partial charge in [-0.3, -0.25) is 9.59 Å². The second kappa shape index (κ2) is 7.37. The van der Waals surface area contributed by atoms with Crippen molar-refractivity contribution in [3.05, 3.63) is 56.4 Å². The van der Waals surface area contributed by atoms with Crippen LogP contribution in [0.5, 0.6) is 0 Å². The Bertz CT molecular complexity index is 1120. The summed E-state index contributed by atoms with van der Waals surface area (Å²) < 4.78 is 0. The summed E-state index contributed by atoms with van der Waals surface area (Å²) >= 11 is 3.17. The van der Waals surface area contributed by atoms with Crippen LogP contribution in [-0.4, -0.2) is 28.2 Å². The minimum atomic E-state index is -0.0312. The zero-order valence-electron chi connectivity index (χ0n) is 15.5. The number of fused-ring (bicyclic) bond motifs is 4. The average molecular weight is 412 g/mol. The molecule has 3 aromatic rings. The number of nitrogens with zero attached hydrogens (tertiary/aromatic N) is 2. The summed E-state index contributed by atoms with van der Waals surface area (Å²) in [5, 5.41) is 0.784. The Morgan fingerprint density at radius 1 is 1.21 bits per heavy atom. The molecule has 0 bridgehead atoms. The lowest BCUT2D eigenvalue weighted by Crippen LogP contribution is -2.36. The van der Waals surface area contributed by atoms with Crippen molar-refractivity contribution in [2.24, 2.45) is 0 Å². The van der Waals surface area contributed by atoms with Crippen molar-refractivity contribution in [3.8, 4) is 0 Å². The van der Waals surface area contributed by atoms with Gasteiger partial charge in [0.2, 0.25) is 5.91 Å². The van der Waals surface area contributed by atoms with E-state index in [4.69, 9.17) is 0 Å². The Kier molecular flexibility index (Phi) is 4.72. The van der Waals surface area contributed by atoms with Crippen LogP contribution in [0.3, 0.4) is 0 Å². The number of benzene rings is 1. The van der Waals surface area contributed by atoms with E-state index in [1.165, 1.54) is 27.8 Å². The number of aromatic amines is 1. The smallest absolute Gasteiger partial charge is 0.259 e. The fourth-order valence-corrected chi connectivity index (χ4v) is 6.26. The van der Waals surface area contributed by atoms with E-state index in [1.54, 1.807) is 11.3 Å². The molecular weight excluding hydrogens is 390 g/mol. The van der Waals surface area contributed by atoms with Gasteiger partial charge in [0.15, 0.2) is 0 Å². The van der Waals surface area contributed by atoms with E-state index < -0.39 is 0 Å². The molecule has 144 valence electrons. The molecule has 0 radical (unpaired) electrons. The third kappa shape index (κ3) is 3.16. The highest BCUT2D eigenvalue weighted by Gasteiger charge is 2.23. The summed E-state index contributed by atoms with van der Waals surface area (Å²) in [4.78, 5) is 36.9. The number of carbonyl (C=O) groups is 1. The lowest BCUT2D eigenvalue weighted by atomic mass is 10.0. The van der Waals surface area contributed by atoms with E-state index in [2.05, 4.69) is 16.0 Å². The Hall–Kier alpha value is -2.12. The highest BCUT2D eigenvalue weighted by atomic mass is 32.2. The summed E-state index contributed by atoms with van der Waals surface area (Å²) in [6.07, 6.45) is 5.21. The topological polar surface area (TPSA) is 66.1 Å². The van der Waals surface area contributed by atoms with E-state index in [9.17, 15) is 9.59 Å². The van der Waals surface area contributed by atoms with Crippen LogP contribution in [0.2, 0.25) is 0 Å². The molecule has 0 unspecified atom stereocenters. The molecule has 3 heterocycles. The van der Waals surface area contributed by atoms with Crippen LogP contribution in [-0.2, 0) is 29.8 Å². The zero-order chi connectivity index (χ0) is 19.1. The van der Waals surface area contributed by atoms with Gasteiger partial charge in [0.1, 0.15) is 10.7 Å². The second-order valence-electron chi connectivity index (χ2n) is 7.32. The quantitative estimate of drug-likeness (QED) is 0.711. The number of rotatable bonds is 4. The van der Waals surface area contributed by atoms with Crippen molar-refractivity contribution in [2.45, 2.75) is 37.9 Å². The number of carbonyl (C=O) groups excluding carboxylic acids is 1. The monoisotopic (exact) mass is 411 g/mol. The summed E-state index contributed by atoms with van der Waals surface area (Å²) in [6.45, 7) is 0.776. The number of aromatic nitrogens is 2. The molecule has 0 atom stereocenters. The number of thioether (sulfide) groups is 1. The molecule has 1 amide bonds. The average Bonchev–Trinajstić information content (AvgIpc) is 3.28. The highest BCUT2D eigenvalue weighted by Crippen LogP contribution is 2.34. The van der Waals surface area contributed by atoms with Gasteiger partial charge in [-0.2, -0.15) is 0 Å². The zero-order valence-corrected chi connectivity index (χ0v) is 17.1. The van der Waals surface area contributed by atoms with Crippen molar-refractivity contribution >= 4 is 44.9 Å². The van der Waals surface area contributed by atoms with Gasteiger partial charge in [0.25, 0.3) is 5.56 Å². The minimum Gasteiger partial charge on any atom is -0.311 e. The Balaban J connectivity index is 1.27. The predicted octanol–water partition coefficient (Wildman–Crippen LogP) is 3.69. The summed E-state index contributed by atoms with van der Waals surface area (Å²) in [5.74, 6) is 1.70. The molecule has 2 aliphatic rings. The van der Waals surface area contributed by atoms with Crippen LogP contribution < -0.4 is 10.5 Å². The summed E-state index contributed by atoms with van der Waals surface area (Å²) in [6, 6.07) is 8.14. The van der Waals surface area contributed by atoms with Crippen molar-refractivity contribution in [1.82, 2.24) is 9.97 Å². The normalized spacial score (nSPS) is 15.6. The van der Waals surface area contributed by atoms with Gasteiger partial charge in [-0.05, 0) is 49.3 Å². The van der Waals surface area contributed by atoms with E-state index in [-0.39, 0.29) is 11.5 Å². The van der Waals surface area contributed by atoms with E-state index in [0.29, 0.717) is 17.3 Å². The number of para-hydroxylation sites is 1. The first-order valence-electron chi connectivity index (χ1n) is 9.70. The maximum atomic E-state index is 12.7. The first kappa shape index (κ1) is 17.9. The summed E-state index contributed by atoms with van der Waals surface area (Å²) in [5.41, 5.74) is 3.46. The third-order valence-corrected chi connectivity index (χ3v) is 7.61. The lowest BCUT2D eigenvalue weighted by molar-refractivity contribution is -0.116. The fraction of sp³-hybridized carbons (Fsp3) is 0.381. The van der Waals surface area contributed by atoms with Crippen molar-refractivity contribution in [3.63, 3.8) is 0 Å². The maximum Gasteiger partial charge on any atom is 0.259 e. The number of nitrogens with one attached hydrogen (secondary N) is 1. The minimum absolute atomic E-state index is 0.0312. The number of amides is 1. The van der Waals surface area contributed by atoms with Crippen LogP contribution in [0, 0.1) is 0 Å². The fourth-order valence-electron chi connectivity index (χ4n) is 4.22. The van der Waals surface area contributed by atoms with Crippen molar-refractivity contribution in [1.29, 1.82) is 0 Å². The van der Waals surface area contributed by atoms with Gasteiger partial charge < -0.3 is 9.88 Å². The molecule has 0 saturated heterocycles. The van der Waals surface area contributed by atoms with Gasteiger partial charge in [-0.1, -0.05) is 18.2 Å². The number of thiophene rings is 1. The van der Waals surface area contributed by atoms with Crippen LogP contribution in [0.25, 0.3) is 10.2 Å². The standard InChI is InChI=1S/C21H21N3O2S2/c25-18(24-10-4-6-13-5-1-2-8-15(13)24)12-27-11-17-22-20(26)19-14-7-3-9-16(14)28-21(19)23-17/h1-2,5,8H,3-4,6-7,9-12H2,(H,22,23,26). The molecule has 5 rings (SSSR count). The van der Waals surface area contributed by atoms with E-state index in [0.717, 1.165) is 54.6 Å². The largest absolute Gasteiger partial charge is 0.311 e. The number of anilines is 1. The Morgan fingerprint density at radius 3 is 3.04 bits per heavy atom. The molecule has 1 N–H and O–H groups in total. The number of H-pyrrole nitrogens is 1. The molecule has 0 fully saturated rings. The molecule has 0 spiro atoms. The first-order valence-corrected chi connectivity index (χ1v) is 11.7. The molecule has 5 nitrogen and oxygen atoms in total. The van der Waals surface area contributed by atoms with Gasteiger partial charge in [0.05, 0.1) is 16.9 Å². The van der Waals surface area contributed by atoms with Crippen LogP contribution >= 0.6 is 23.1 Å². The van der Waals surface area contributed by atoms with Gasteiger partial charge in [-0.15, -0.1) is 23.1 Å². The number of hydrogen-bond acceptors (Lipinski definition) is 5. The Morgan fingerprint density at radius 2 is 2.11 bits per heavy atom. The first-order chi connectivity index (χ1) is 13.7. The van der Waals surface area contributed by atoms with Crippen LogP contribution in [0.15, 0.2) is 29.1 Å². The number of aryl methyl sites for hydroxylation is 3. The van der Waals surface area contributed by atoms with Crippen molar-refractivity contribution in [2.75, 3.05) is 17.2 Å². The molecule has 28 heavy (non-hydrogen) atoms. The van der Waals surface area contributed by atoms with E-state index >= 15 is 0 Å². The third-order valence-electron chi connectivity index (χ3n) is 5.50. The molecular formula is C21H21N3O2S2. The van der Waals surface area contributed by atoms with Crippen molar-refractivity contribution < 1.29 is 4.79 Å². The lowest BCUT2D eigenvalue weighted by Gasteiger charge is -2.29. The molecule has 0 saturated carbocycles. The molecule has 2 aromatic heterocycles.